The Bertz CT molecular complexity index is 781. The van der Waals surface area contributed by atoms with Crippen LogP contribution in [0.1, 0.15) is 56.5 Å². The molecule has 1 amide bonds. The van der Waals surface area contributed by atoms with Gasteiger partial charge in [0.15, 0.2) is 11.7 Å². The van der Waals surface area contributed by atoms with E-state index in [9.17, 15) is 4.79 Å². The maximum absolute atomic E-state index is 12.2. The topological polar surface area (TPSA) is 91.5 Å². The summed E-state index contributed by atoms with van der Waals surface area (Å²) in [6.07, 6.45) is 3.00. The van der Waals surface area contributed by atoms with E-state index in [-0.39, 0.29) is 12.5 Å². The van der Waals surface area contributed by atoms with Crippen molar-refractivity contribution < 1.29 is 9.32 Å². The molecule has 0 atom stereocenters. The van der Waals surface area contributed by atoms with Crippen molar-refractivity contribution in [1.29, 1.82) is 0 Å². The third kappa shape index (κ3) is 6.40. The zero-order valence-corrected chi connectivity index (χ0v) is 17.2. The molecule has 0 spiro atoms. The van der Waals surface area contributed by atoms with Gasteiger partial charge < -0.3 is 20.5 Å². The van der Waals surface area contributed by atoms with Gasteiger partial charge in [0, 0.05) is 24.7 Å². The summed E-state index contributed by atoms with van der Waals surface area (Å²) in [5.41, 5.74) is 2.96. The highest BCUT2D eigenvalue weighted by Gasteiger charge is 2.13. The lowest BCUT2D eigenvalue weighted by Gasteiger charge is -2.11. The average molecular weight is 386 g/mol. The van der Waals surface area contributed by atoms with Crippen LogP contribution in [0.4, 0.5) is 5.69 Å². The fraction of sp³-hybridized carbons (Fsp3) is 0.476. The van der Waals surface area contributed by atoms with Crippen LogP contribution in [0.5, 0.6) is 0 Å². The molecule has 0 saturated heterocycles. The van der Waals surface area contributed by atoms with Crippen molar-refractivity contribution in [1.82, 2.24) is 15.8 Å². The Kier molecular flexibility index (Phi) is 8.52. The number of guanidine groups is 1. The molecular weight excluding hydrogens is 354 g/mol. The summed E-state index contributed by atoms with van der Waals surface area (Å²) >= 11 is 0. The van der Waals surface area contributed by atoms with Gasteiger partial charge in [-0.25, -0.2) is 0 Å². The van der Waals surface area contributed by atoms with Crippen LogP contribution >= 0.6 is 0 Å². The van der Waals surface area contributed by atoms with Crippen LogP contribution in [0.25, 0.3) is 0 Å². The molecule has 0 unspecified atom stereocenters. The Hall–Kier alpha value is -2.83. The van der Waals surface area contributed by atoms with E-state index >= 15 is 0 Å². The third-order valence-corrected chi connectivity index (χ3v) is 4.67. The van der Waals surface area contributed by atoms with Crippen molar-refractivity contribution in [2.75, 3.05) is 18.9 Å². The van der Waals surface area contributed by atoms with Crippen molar-refractivity contribution in [2.45, 2.75) is 52.5 Å². The first-order valence-corrected chi connectivity index (χ1v) is 9.88. The molecule has 2 aromatic rings. The van der Waals surface area contributed by atoms with E-state index in [4.69, 9.17) is 4.52 Å². The molecule has 1 aromatic heterocycles. The van der Waals surface area contributed by atoms with Crippen LogP contribution in [-0.2, 0) is 17.8 Å². The Balaban J connectivity index is 1.80. The fourth-order valence-corrected chi connectivity index (χ4v) is 2.94. The van der Waals surface area contributed by atoms with E-state index in [0.717, 1.165) is 36.4 Å². The highest BCUT2D eigenvalue weighted by atomic mass is 16.5. The largest absolute Gasteiger partial charge is 0.359 e. The van der Waals surface area contributed by atoms with E-state index in [1.807, 2.05) is 30.3 Å². The number of carbonyl (C=O) groups is 1. The van der Waals surface area contributed by atoms with Crippen molar-refractivity contribution in [3.63, 3.8) is 0 Å². The number of aromatic nitrogens is 1. The van der Waals surface area contributed by atoms with Crippen LogP contribution in [0.2, 0.25) is 0 Å². The maximum Gasteiger partial charge on any atom is 0.243 e. The second-order valence-electron chi connectivity index (χ2n) is 6.61. The van der Waals surface area contributed by atoms with Gasteiger partial charge in [0.25, 0.3) is 0 Å². The van der Waals surface area contributed by atoms with Crippen molar-refractivity contribution in [3.8, 4) is 0 Å². The summed E-state index contributed by atoms with van der Waals surface area (Å²) in [7, 11) is 1.66. The first-order valence-electron chi connectivity index (χ1n) is 9.88. The van der Waals surface area contributed by atoms with Gasteiger partial charge in [0.1, 0.15) is 0 Å². The molecule has 7 nitrogen and oxygen atoms in total. The minimum atomic E-state index is -0.133. The molecule has 1 aromatic carbocycles. The highest BCUT2D eigenvalue weighted by Crippen LogP contribution is 2.22. The smallest absolute Gasteiger partial charge is 0.243 e. The Morgan fingerprint density at radius 1 is 1.18 bits per heavy atom. The predicted molar refractivity (Wildman–Crippen MR) is 112 cm³/mol. The summed E-state index contributed by atoms with van der Waals surface area (Å²) in [5.74, 6) is 1.56. The van der Waals surface area contributed by atoms with Crippen LogP contribution in [0, 0.1) is 0 Å². The number of aliphatic imine (C=N–C) groups is 1. The lowest BCUT2D eigenvalue weighted by Crippen LogP contribution is -2.41. The standard InChI is InChI=1S/C21H31N5O2/c1-5-15-9-8-10-17(11-15)25-20(27)14-24-21(22-4)23-13-18-12-19(26-28-18)16(6-2)7-3/h8-12,16H,5-7,13-14H2,1-4H3,(H,25,27)(H2,22,23,24). The van der Waals surface area contributed by atoms with Crippen LogP contribution in [-0.4, -0.2) is 30.6 Å². The molecule has 1 heterocycles. The highest BCUT2D eigenvalue weighted by molar-refractivity contribution is 5.95. The monoisotopic (exact) mass is 385 g/mol. The van der Waals surface area contributed by atoms with E-state index in [1.165, 1.54) is 5.56 Å². The predicted octanol–water partition coefficient (Wildman–Crippen LogP) is 3.44. The molecule has 0 aliphatic heterocycles. The minimum absolute atomic E-state index is 0.116. The maximum atomic E-state index is 12.2. The van der Waals surface area contributed by atoms with Crippen LogP contribution in [0.3, 0.4) is 0 Å². The molecule has 28 heavy (non-hydrogen) atoms. The minimum Gasteiger partial charge on any atom is -0.359 e. The van der Waals surface area contributed by atoms with Gasteiger partial charge in [-0.15, -0.1) is 0 Å². The second kappa shape index (κ2) is 11.1. The molecule has 0 aliphatic rings. The van der Waals surface area contributed by atoms with Crippen molar-refractivity contribution in [3.05, 3.63) is 47.3 Å². The first-order chi connectivity index (χ1) is 13.6. The molecule has 2 rings (SSSR count). The van der Waals surface area contributed by atoms with Gasteiger partial charge in [-0.05, 0) is 37.0 Å². The van der Waals surface area contributed by atoms with Gasteiger partial charge in [0.2, 0.25) is 5.91 Å². The Morgan fingerprint density at radius 3 is 2.64 bits per heavy atom. The molecule has 0 fully saturated rings. The van der Waals surface area contributed by atoms with Gasteiger partial charge in [0.05, 0.1) is 18.8 Å². The van der Waals surface area contributed by atoms with E-state index < -0.39 is 0 Å². The molecule has 0 aliphatic carbocycles. The summed E-state index contributed by atoms with van der Waals surface area (Å²) in [6, 6.07) is 9.82. The number of amides is 1. The van der Waals surface area contributed by atoms with E-state index in [1.54, 1.807) is 7.05 Å². The molecule has 0 radical (unpaired) electrons. The number of nitrogens with one attached hydrogen (secondary N) is 3. The first kappa shape index (κ1) is 21.5. The van der Waals surface area contributed by atoms with E-state index in [2.05, 4.69) is 46.9 Å². The number of aryl methyl sites for hydroxylation is 1. The SMILES string of the molecule is CCc1cccc(NC(=O)CNC(=NC)NCc2cc(C(CC)CC)no2)c1. The number of nitrogens with zero attached hydrogens (tertiary/aromatic N) is 2. The molecule has 0 saturated carbocycles. The average Bonchev–Trinajstić information content (AvgIpc) is 3.18. The van der Waals surface area contributed by atoms with E-state index in [0.29, 0.717) is 18.4 Å². The van der Waals surface area contributed by atoms with Crippen LogP contribution in [0.15, 0.2) is 39.8 Å². The van der Waals surface area contributed by atoms with Gasteiger partial charge in [-0.1, -0.05) is 38.1 Å². The zero-order chi connectivity index (χ0) is 20.4. The number of carbonyl (C=O) groups excluding carboxylic acids is 1. The van der Waals surface area contributed by atoms with Gasteiger partial charge in [-0.2, -0.15) is 0 Å². The Morgan fingerprint density at radius 2 is 1.96 bits per heavy atom. The molecule has 3 N–H and O–H groups in total. The number of anilines is 1. The number of benzene rings is 1. The quantitative estimate of drug-likeness (QED) is 0.454. The number of hydrogen-bond acceptors (Lipinski definition) is 4. The lowest BCUT2D eigenvalue weighted by atomic mass is 9.99. The summed E-state index contributed by atoms with van der Waals surface area (Å²) < 4.78 is 5.40. The van der Waals surface area contributed by atoms with Crippen molar-refractivity contribution in [2.24, 2.45) is 4.99 Å². The second-order valence-corrected chi connectivity index (χ2v) is 6.61. The van der Waals surface area contributed by atoms with Gasteiger partial charge in [-0.3, -0.25) is 9.79 Å². The molecule has 7 heteroatoms. The fourth-order valence-electron chi connectivity index (χ4n) is 2.94. The summed E-state index contributed by atoms with van der Waals surface area (Å²) in [5, 5.41) is 13.2. The van der Waals surface area contributed by atoms with Crippen molar-refractivity contribution >= 4 is 17.6 Å². The summed E-state index contributed by atoms with van der Waals surface area (Å²) in [4.78, 5) is 16.3. The summed E-state index contributed by atoms with van der Waals surface area (Å²) in [6.45, 7) is 6.95. The zero-order valence-electron chi connectivity index (χ0n) is 17.2. The van der Waals surface area contributed by atoms with Crippen LogP contribution < -0.4 is 16.0 Å². The number of rotatable bonds is 9. The molecular formula is C21H31N5O2. The third-order valence-electron chi connectivity index (χ3n) is 4.67. The lowest BCUT2D eigenvalue weighted by molar-refractivity contribution is -0.115. The molecule has 152 valence electrons. The Labute approximate surface area is 167 Å². The van der Waals surface area contributed by atoms with Gasteiger partial charge >= 0.3 is 0 Å². The molecule has 0 bridgehead atoms. The number of hydrogen-bond donors (Lipinski definition) is 3. The normalized spacial score (nSPS) is 11.5.